The Morgan fingerprint density at radius 3 is 2.66 bits per heavy atom. The van der Waals surface area contributed by atoms with Gasteiger partial charge in [0.15, 0.2) is 5.82 Å². The predicted octanol–water partition coefficient (Wildman–Crippen LogP) is 4.80. The lowest BCUT2D eigenvalue weighted by Gasteiger charge is -2.54. The van der Waals surface area contributed by atoms with Gasteiger partial charge in [0.25, 0.3) is 5.88 Å². The van der Waals surface area contributed by atoms with E-state index in [9.17, 15) is 4.39 Å². The second-order valence-electron chi connectivity index (χ2n) is 13.1. The maximum absolute atomic E-state index is 14.5. The van der Waals surface area contributed by atoms with E-state index in [1.165, 1.54) is 24.9 Å². The summed E-state index contributed by atoms with van der Waals surface area (Å²) < 4.78 is 20.9. The third-order valence-electron chi connectivity index (χ3n) is 9.63. The van der Waals surface area contributed by atoms with Crippen LogP contribution in [0, 0.1) is 23.1 Å². The molecule has 9 nitrogen and oxygen atoms in total. The highest BCUT2D eigenvalue weighted by Crippen LogP contribution is 2.48. The highest BCUT2D eigenvalue weighted by atomic mass is 19.1. The first-order valence-electron chi connectivity index (χ1n) is 15.1. The molecule has 2 saturated carbocycles. The molecule has 3 aromatic rings. The Balaban J connectivity index is 1.10. The largest absolute Gasteiger partial charge is 0.434 e. The Bertz CT molecular complexity index is 1410. The average Bonchev–Trinajstić information content (AvgIpc) is 3.56. The maximum Gasteiger partial charge on any atom is 0.282 e. The first kappa shape index (κ1) is 26.6. The lowest BCUT2D eigenvalue weighted by Crippen LogP contribution is -2.63. The van der Waals surface area contributed by atoms with Crippen LogP contribution in [0.3, 0.4) is 0 Å². The van der Waals surface area contributed by atoms with Crippen LogP contribution < -0.4 is 15.4 Å². The van der Waals surface area contributed by atoms with Gasteiger partial charge in [0.2, 0.25) is 0 Å². The number of likely N-dealkylation sites (tertiary alicyclic amines) is 1. The average molecular weight is 559 g/mol. The van der Waals surface area contributed by atoms with Crippen molar-refractivity contribution in [2.45, 2.75) is 70.4 Å². The number of hydrogen-bond donors (Lipinski definition) is 1. The minimum Gasteiger partial charge on any atom is -0.434 e. The van der Waals surface area contributed by atoms with E-state index in [0.29, 0.717) is 52.8 Å². The lowest BCUT2D eigenvalue weighted by molar-refractivity contribution is -0.0503. The van der Waals surface area contributed by atoms with Gasteiger partial charge in [-0.05, 0) is 68.6 Å². The van der Waals surface area contributed by atoms with Crippen molar-refractivity contribution in [3.05, 3.63) is 48.6 Å². The Morgan fingerprint density at radius 1 is 1.05 bits per heavy atom. The molecule has 4 fully saturated rings. The van der Waals surface area contributed by atoms with E-state index in [0.717, 1.165) is 69.5 Å². The van der Waals surface area contributed by atoms with Crippen LogP contribution >= 0.6 is 0 Å². The molecule has 1 spiro atoms. The molecule has 2 N–H and O–H groups in total. The summed E-state index contributed by atoms with van der Waals surface area (Å²) in [5.41, 5.74) is 8.87. The number of aromatic nitrogens is 5. The third kappa shape index (κ3) is 5.16. The van der Waals surface area contributed by atoms with Gasteiger partial charge in [0.05, 0.1) is 5.69 Å². The summed E-state index contributed by atoms with van der Waals surface area (Å²) in [7, 11) is 0. The minimum atomic E-state index is -0.342. The van der Waals surface area contributed by atoms with E-state index in [4.69, 9.17) is 10.5 Å². The number of nitrogens with two attached hydrogens (primary N) is 1. The van der Waals surface area contributed by atoms with Gasteiger partial charge in [-0.3, -0.25) is 4.90 Å². The zero-order chi connectivity index (χ0) is 28.1. The molecule has 1 unspecified atom stereocenters. The van der Waals surface area contributed by atoms with E-state index in [1.54, 1.807) is 18.6 Å². The third-order valence-corrected chi connectivity index (χ3v) is 9.63. The summed E-state index contributed by atoms with van der Waals surface area (Å²) in [5.74, 6) is 2.85. The standard InChI is InChI=1S/C31H39FN8O/c1-19(2)28(21-5-7-23(33)11-21)40-15-31(16-40)9-10-39(14-31)29-30(38-37-18-36-29)41-26-8-6-22(32)12-24(26)25-13-34-17-35-27(25)20-3-4-20/h6,8,12-13,17-21,23,28H,3-5,7,9-11,14-16,33H2,1-2H3/t21-,23+,28?/m0/s1. The fraction of sp³-hybridized carbons (Fsp3) is 0.581. The zero-order valence-corrected chi connectivity index (χ0v) is 23.9. The van der Waals surface area contributed by atoms with Crippen molar-refractivity contribution in [2.24, 2.45) is 23.0 Å². The van der Waals surface area contributed by atoms with Crippen LogP contribution in [-0.4, -0.2) is 68.3 Å². The van der Waals surface area contributed by atoms with Gasteiger partial charge in [-0.2, -0.15) is 0 Å². The molecule has 0 amide bonds. The second-order valence-corrected chi connectivity index (χ2v) is 13.1. The van der Waals surface area contributed by atoms with Crippen molar-refractivity contribution < 1.29 is 9.13 Å². The van der Waals surface area contributed by atoms with Crippen LogP contribution in [0.1, 0.15) is 64.0 Å². The van der Waals surface area contributed by atoms with Gasteiger partial charge >= 0.3 is 0 Å². The predicted molar refractivity (Wildman–Crippen MR) is 154 cm³/mol. The Hall–Kier alpha value is -3.24. The van der Waals surface area contributed by atoms with E-state index in [2.05, 4.69) is 48.8 Å². The molecule has 2 aliphatic heterocycles. The summed E-state index contributed by atoms with van der Waals surface area (Å²) in [4.78, 5) is 18.3. The molecule has 10 heteroatoms. The fourth-order valence-electron chi connectivity index (χ4n) is 7.70. The minimum absolute atomic E-state index is 0.248. The van der Waals surface area contributed by atoms with Crippen molar-refractivity contribution in [1.29, 1.82) is 0 Å². The SMILES string of the molecule is CC(C)C([C@H]1CC[C@@H](N)C1)N1CC2(CCN(c3ncnnc3Oc3ccc(F)cc3-c3cncnc3C3CC3)C2)C1. The van der Waals surface area contributed by atoms with Crippen LogP contribution in [0.25, 0.3) is 11.1 Å². The Kier molecular flexibility index (Phi) is 6.85. The Morgan fingerprint density at radius 2 is 1.90 bits per heavy atom. The molecule has 4 aliphatic rings. The molecule has 7 rings (SSSR count). The molecule has 2 aromatic heterocycles. The van der Waals surface area contributed by atoms with Crippen LogP contribution in [0.15, 0.2) is 37.1 Å². The van der Waals surface area contributed by atoms with E-state index in [-0.39, 0.29) is 11.2 Å². The highest BCUT2D eigenvalue weighted by molar-refractivity contribution is 5.73. The number of anilines is 1. The van der Waals surface area contributed by atoms with Crippen LogP contribution in [0.2, 0.25) is 0 Å². The van der Waals surface area contributed by atoms with Crippen molar-refractivity contribution in [3.8, 4) is 22.8 Å². The van der Waals surface area contributed by atoms with Crippen molar-refractivity contribution >= 4 is 5.82 Å². The highest BCUT2D eigenvalue weighted by Gasteiger charge is 2.52. The van der Waals surface area contributed by atoms with Crippen LogP contribution in [-0.2, 0) is 0 Å². The number of nitrogens with zero attached hydrogens (tertiary/aromatic N) is 7. The first-order valence-corrected chi connectivity index (χ1v) is 15.1. The summed E-state index contributed by atoms with van der Waals surface area (Å²) in [6.45, 7) is 8.71. The van der Waals surface area contributed by atoms with Crippen LogP contribution in [0.5, 0.6) is 11.6 Å². The molecule has 1 aromatic carbocycles. The molecule has 4 heterocycles. The smallest absolute Gasteiger partial charge is 0.282 e. The monoisotopic (exact) mass is 558 g/mol. The van der Waals surface area contributed by atoms with Crippen molar-refractivity contribution in [1.82, 2.24) is 30.0 Å². The Labute approximate surface area is 240 Å². The van der Waals surface area contributed by atoms with Crippen LogP contribution in [0.4, 0.5) is 10.2 Å². The number of hydrogen-bond acceptors (Lipinski definition) is 9. The van der Waals surface area contributed by atoms with E-state index < -0.39 is 0 Å². The van der Waals surface area contributed by atoms with Gasteiger partial charge in [-0.1, -0.05) is 13.8 Å². The first-order chi connectivity index (χ1) is 19.9. The fourth-order valence-corrected chi connectivity index (χ4v) is 7.70. The van der Waals surface area contributed by atoms with E-state index in [1.807, 2.05) is 0 Å². The summed E-state index contributed by atoms with van der Waals surface area (Å²) >= 11 is 0. The number of rotatable bonds is 8. The molecule has 0 radical (unpaired) electrons. The summed E-state index contributed by atoms with van der Waals surface area (Å²) in [6.07, 6.45) is 11.6. The molecule has 0 bridgehead atoms. The summed E-state index contributed by atoms with van der Waals surface area (Å²) in [5, 5.41) is 8.37. The van der Waals surface area contributed by atoms with Crippen molar-refractivity contribution in [3.63, 3.8) is 0 Å². The number of benzene rings is 1. The second kappa shape index (κ2) is 10.5. The number of ether oxygens (including phenoxy) is 1. The van der Waals surface area contributed by atoms with Gasteiger partial charge in [-0.15, -0.1) is 10.2 Å². The summed E-state index contributed by atoms with van der Waals surface area (Å²) in [6, 6.07) is 5.49. The normalized spacial score (nSPS) is 24.7. The molecule has 2 saturated heterocycles. The molecular formula is C31H39FN8O. The molecule has 41 heavy (non-hydrogen) atoms. The molecule has 2 aliphatic carbocycles. The zero-order valence-electron chi connectivity index (χ0n) is 23.9. The quantitative estimate of drug-likeness (QED) is 0.417. The van der Waals surface area contributed by atoms with Crippen molar-refractivity contribution in [2.75, 3.05) is 31.1 Å². The van der Waals surface area contributed by atoms with Gasteiger partial charge in [0.1, 0.15) is 24.2 Å². The lowest BCUT2D eigenvalue weighted by atomic mass is 9.74. The molecule has 3 atom stereocenters. The van der Waals surface area contributed by atoms with Gasteiger partial charge < -0.3 is 15.4 Å². The van der Waals surface area contributed by atoms with Gasteiger partial charge in [0, 0.05) is 66.9 Å². The maximum atomic E-state index is 14.5. The topological polar surface area (TPSA) is 106 Å². The van der Waals surface area contributed by atoms with Gasteiger partial charge in [-0.25, -0.2) is 19.3 Å². The van der Waals surface area contributed by atoms with E-state index >= 15 is 0 Å². The molecular weight excluding hydrogens is 519 g/mol. The number of halogens is 1. The molecule has 216 valence electrons.